The maximum atomic E-state index is 13.0. The van der Waals surface area contributed by atoms with Crippen molar-refractivity contribution in [3.63, 3.8) is 0 Å². The third-order valence-corrected chi connectivity index (χ3v) is 4.07. The molecule has 1 aliphatic rings. The standard InChI is InChI=1S/C14H15ClFNO3/c1-14(13(19)20)6-2-3-7-17(14)12(18)10-5-4-9(16)8-11(10)15/h4-5,8H,2-3,6-7H2,1H3,(H,19,20). The van der Waals surface area contributed by atoms with Crippen molar-refractivity contribution in [3.05, 3.63) is 34.6 Å². The van der Waals surface area contributed by atoms with E-state index in [1.807, 2.05) is 0 Å². The number of rotatable bonds is 2. The zero-order chi connectivity index (χ0) is 14.9. The monoisotopic (exact) mass is 299 g/mol. The molecule has 1 atom stereocenters. The molecule has 0 radical (unpaired) electrons. The molecule has 6 heteroatoms. The van der Waals surface area contributed by atoms with Crippen LogP contribution in [0.5, 0.6) is 0 Å². The SMILES string of the molecule is CC1(C(=O)O)CCCCN1C(=O)c1ccc(F)cc1Cl. The summed E-state index contributed by atoms with van der Waals surface area (Å²) in [7, 11) is 0. The first-order chi connectivity index (χ1) is 9.36. The fourth-order valence-electron chi connectivity index (χ4n) is 2.48. The van der Waals surface area contributed by atoms with Crippen LogP contribution in [0.15, 0.2) is 18.2 Å². The first-order valence-electron chi connectivity index (χ1n) is 6.36. The van der Waals surface area contributed by atoms with E-state index in [1.165, 1.54) is 17.9 Å². The van der Waals surface area contributed by atoms with E-state index < -0.39 is 23.2 Å². The maximum Gasteiger partial charge on any atom is 0.329 e. The van der Waals surface area contributed by atoms with E-state index in [-0.39, 0.29) is 10.6 Å². The Morgan fingerprint density at radius 1 is 1.40 bits per heavy atom. The van der Waals surface area contributed by atoms with Crippen molar-refractivity contribution in [2.75, 3.05) is 6.54 Å². The first-order valence-corrected chi connectivity index (χ1v) is 6.74. The number of hydrogen-bond acceptors (Lipinski definition) is 2. The van der Waals surface area contributed by atoms with Crippen LogP contribution < -0.4 is 0 Å². The van der Waals surface area contributed by atoms with E-state index in [2.05, 4.69) is 0 Å². The highest BCUT2D eigenvalue weighted by molar-refractivity contribution is 6.33. The van der Waals surface area contributed by atoms with Crippen LogP contribution in [0.1, 0.15) is 36.5 Å². The summed E-state index contributed by atoms with van der Waals surface area (Å²) in [4.78, 5) is 25.3. The highest BCUT2D eigenvalue weighted by atomic mass is 35.5. The van der Waals surface area contributed by atoms with Gasteiger partial charge in [-0.2, -0.15) is 0 Å². The molecule has 0 spiro atoms. The van der Waals surface area contributed by atoms with Gasteiger partial charge in [-0.3, -0.25) is 4.79 Å². The largest absolute Gasteiger partial charge is 0.480 e. The van der Waals surface area contributed by atoms with Gasteiger partial charge in [-0.1, -0.05) is 11.6 Å². The number of carbonyl (C=O) groups excluding carboxylic acids is 1. The molecule has 108 valence electrons. The van der Waals surface area contributed by atoms with Crippen LogP contribution in [0, 0.1) is 5.82 Å². The minimum Gasteiger partial charge on any atom is -0.480 e. The summed E-state index contributed by atoms with van der Waals surface area (Å²) < 4.78 is 13.0. The Labute approximate surface area is 121 Å². The zero-order valence-corrected chi connectivity index (χ0v) is 11.8. The molecular weight excluding hydrogens is 285 g/mol. The smallest absolute Gasteiger partial charge is 0.329 e. The molecule has 1 heterocycles. The second kappa shape index (κ2) is 5.40. The molecule has 0 aliphatic carbocycles. The Morgan fingerprint density at radius 3 is 2.70 bits per heavy atom. The molecule has 1 saturated heterocycles. The molecular formula is C14H15ClFNO3. The van der Waals surface area contributed by atoms with Gasteiger partial charge in [0.2, 0.25) is 0 Å². The van der Waals surface area contributed by atoms with Gasteiger partial charge in [-0.05, 0) is 44.4 Å². The van der Waals surface area contributed by atoms with E-state index in [9.17, 15) is 19.1 Å². The molecule has 0 saturated carbocycles. The van der Waals surface area contributed by atoms with Crippen molar-refractivity contribution in [3.8, 4) is 0 Å². The fourth-order valence-corrected chi connectivity index (χ4v) is 2.73. The van der Waals surface area contributed by atoms with E-state index >= 15 is 0 Å². The van der Waals surface area contributed by atoms with E-state index in [0.29, 0.717) is 13.0 Å². The summed E-state index contributed by atoms with van der Waals surface area (Å²) in [5, 5.41) is 9.38. The lowest BCUT2D eigenvalue weighted by atomic mass is 9.88. The van der Waals surface area contributed by atoms with Gasteiger partial charge in [0.1, 0.15) is 11.4 Å². The number of carboxylic acid groups (broad SMARTS) is 1. The number of benzene rings is 1. The van der Waals surface area contributed by atoms with Crippen molar-refractivity contribution >= 4 is 23.5 Å². The van der Waals surface area contributed by atoms with Crippen LogP contribution in [-0.2, 0) is 4.79 Å². The van der Waals surface area contributed by atoms with Crippen LogP contribution in [0.4, 0.5) is 4.39 Å². The van der Waals surface area contributed by atoms with Crippen molar-refractivity contribution in [1.82, 2.24) is 4.90 Å². The Balaban J connectivity index is 2.37. The summed E-state index contributed by atoms with van der Waals surface area (Å²) in [5.41, 5.74) is -1.12. The highest BCUT2D eigenvalue weighted by Gasteiger charge is 2.44. The average Bonchev–Trinajstić information content (AvgIpc) is 2.38. The van der Waals surface area contributed by atoms with E-state index in [0.717, 1.165) is 25.0 Å². The maximum absolute atomic E-state index is 13.0. The molecule has 1 unspecified atom stereocenters. The van der Waals surface area contributed by atoms with Gasteiger partial charge in [0, 0.05) is 6.54 Å². The number of carboxylic acids is 1. The number of likely N-dealkylation sites (tertiary alicyclic amines) is 1. The van der Waals surface area contributed by atoms with E-state index in [4.69, 9.17) is 11.6 Å². The summed E-state index contributed by atoms with van der Waals surface area (Å²) in [5.74, 6) is -2.05. The van der Waals surface area contributed by atoms with Crippen LogP contribution in [0.2, 0.25) is 5.02 Å². The fraction of sp³-hybridized carbons (Fsp3) is 0.429. The molecule has 1 fully saturated rings. The van der Waals surface area contributed by atoms with Crippen molar-refractivity contribution < 1.29 is 19.1 Å². The Bertz CT molecular complexity index is 563. The lowest BCUT2D eigenvalue weighted by Gasteiger charge is -2.41. The average molecular weight is 300 g/mol. The number of hydrogen-bond donors (Lipinski definition) is 1. The van der Waals surface area contributed by atoms with Crippen LogP contribution in [-0.4, -0.2) is 34.0 Å². The van der Waals surface area contributed by atoms with Gasteiger partial charge in [0.25, 0.3) is 5.91 Å². The predicted molar refractivity (Wildman–Crippen MR) is 72.3 cm³/mol. The molecule has 1 amide bonds. The number of carbonyl (C=O) groups is 2. The van der Waals surface area contributed by atoms with Crippen molar-refractivity contribution in [2.24, 2.45) is 0 Å². The van der Waals surface area contributed by atoms with Crippen molar-refractivity contribution in [1.29, 1.82) is 0 Å². The molecule has 4 nitrogen and oxygen atoms in total. The molecule has 1 aromatic rings. The number of amides is 1. The van der Waals surface area contributed by atoms with Crippen LogP contribution in [0.25, 0.3) is 0 Å². The van der Waals surface area contributed by atoms with Gasteiger partial charge >= 0.3 is 5.97 Å². The van der Waals surface area contributed by atoms with Crippen LogP contribution >= 0.6 is 11.6 Å². The Kier molecular flexibility index (Phi) is 3.99. The summed E-state index contributed by atoms with van der Waals surface area (Å²) in [6.07, 6.45) is 1.89. The lowest BCUT2D eigenvalue weighted by molar-refractivity contribution is -0.150. The minimum absolute atomic E-state index is 0.00619. The molecule has 2 rings (SSSR count). The molecule has 1 aliphatic heterocycles. The van der Waals surface area contributed by atoms with Crippen molar-refractivity contribution in [2.45, 2.75) is 31.7 Å². The summed E-state index contributed by atoms with van der Waals surface area (Å²) in [6, 6.07) is 3.48. The van der Waals surface area contributed by atoms with E-state index in [1.54, 1.807) is 0 Å². The second-order valence-electron chi connectivity index (χ2n) is 5.12. The molecule has 0 bridgehead atoms. The molecule has 1 aromatic carbocycles. The second-order valence-corrected chi connectivity index (χ2v) is 5.52. The number of halogens is 2. The van der Waals surface area contributed by atoms with Gasteiger partial charge in [0.15, 0.2) is 0 Å². The quantitative estimate of drug-likeness (QED) is 0.913. The predicted octanol–water partition coefficient (Wildman–Crippen LogP) is 2.95. The first kappa shape index (κ1) is 14.8. The van der Waals surface area contributed by atoms with Gasteiger partial charge in [-0.25, -0.2) is 9.18 Å². The van der Waals surface area contributed by atoms with Gasteiger partial charge < -0.3 is 10.0 Å². The summed E-state index contributed by atoms with van der Waals surface area (Å²) >= 11 is 5.88. The number of aliphatic carboxylic acids is 1. The molecule has 0 aromatic heterocycles. The van der Waals surface area contributed by atoms with Gasteiger partial charge in [0.05, 0.1) is 10.6 Å². The summed E-state index contributed by atoms with van der Waals surface area (Å²) in [6.45, 7) is 1.89. The topological polar surface area (TPSA) is 57.6 Å². The molecule has 20 heavy (non-hydrogen) atoms. The van der Waals surface area contributed by atoms with Gasteiger partial charge in [-0.15, -0.1) is 0 Å². The Morgan fingerprint density at radius 2 is 2.10 bits per heavy atom. The lowest BCUT2D eigenvalue weighted by Crippen LogP contribution is -2.57. The zero-order valence-electron chi connectivity index (χ0n) is 11.0. The number of piperidine rings is 1. The third-order valence-electron chi connectivity index (χ3n) is 3.76. The normalized spacial score (nSPS) is 22.6. The van der Waals surface area contributed by atoms with Crippen LogP contribution in [0.3, 0.4) is 0 Å². The Hall–Kier alpha value is -1.62. The highest BCUT2D eigenvalue weighted by Crippen LogP contribution is 2.31. The number of nitrogens with zero attached hydrogens (tertiary/aromatic N) is 1. The minimum atomic E-state index is -1.24. The third kappa shape index (κ3) is 2.50. The molecule has 1 N–H and O–H groups in total.